The molecule has 4 nitrogen and oxygen atoms in total. The maximum atomic E-state index is 10.2. The van der Waals surface area contributed by atoms with Crippen LogP contribution in [-0.2, 0) is 9.47 Å². The molecular weight excluding hydrogens is 328 g/mol. The summed E-state index contributed by atoms with van der Waals surface area (Å²) in [4.78, 5) is 0. The van der Waals surface area contributed by atoms with Crippen molar-refractivity contribution in [2.75, 3.05) is 6.61 Å². The molecular formula is C22H44O4. The van der Waals surface area contributed by atoms with Crippen LogP contribution in [0.4, 0.5) is 0 Å². The SMILES string of the molecule is CCCCCCCCCCCCC1(O)OC1(O)OCCCCCCCC. The average Bonchev–Trinajstić information content (AvgIpc) is 3.17. The smallest absolute Gasteiger partial charge is 0.340 e. The van der Waals surface area contributed by atoms with E-state index in [4.69, 9.17) is 9.47 Å². The minimum atomic E-state index is -1.75. The fourth-order valence-corrected chi connectivity index (χ4v) is 3.50. The largest absolute Gasteiger partial charge is 0.359 e. The highest BCUT2D eigenvalue weighted by Gasteiger charge is 2.71. The lowest BCUT2D eigenvalue weighted by molar-refractivity contribution is -0.204. The maximum Gasteiger partial charge on any atom is 0.340 e. The molecule has 156 valence electrons. The molecule has 1 fully saturated rings. The number of hydrogen-bond donors (Lipinski definition) is 2. The van der Waals surface area contributed by atoms with Crippen LogP contribution >= 0.6 is 0 Å². The highest BCUT2D eigenvalue weighted by atomic mass is 17.0. The monoisotopic (exact) mass is 372 g/mol. The number of rotatable bonds is 19. The van der Waals surface area contributed by atoms with Gasteiger partial charge in [0.15, 0.2) is 0 Å². The standard InChI is InChI=1S/C22H44O4/c1-3-5-7-9-11-12-13-14-15-17-19-21(23)22(24,26-21)25-20-18-16-10-8-6-4-2/h23-24H,3-20H2,1-2H3. The van der Waals surface area contributed by atoms with Crippen molar-refractivity contribution in [2.45, 2.75) is 135 Å². The third-order valence-corrected chi connectivity index (χ3v) is 5.42. The lowest BCUT2D eigenvalue weighted by Gasteiger charge is -2.11. The molecule has 0 spiro atoms. The van der Waals surface area contributed by atoms with Gasteiger partial charge in [0.2, 0.25) is 0 Å². The third-order valence-electron chi connectivity index (χ3n) is 5.42. The minimum Gasteiger partial charge on any atom is -0.359 e. The summed E-state index contributed by atoms with van der Waals surface area (Å²) in [5, 5.41) is 20.4. The number of hydrogen-bond acceptors (Lipinski definition) is 4. The second-order valence-corrected chi connectivity index (χ2v) is 8.02. The van der Waals surface area contributed by atoms with Gasteiger partial charge in [0, 0.05) is 6.42 Å². The van der Waals surface area contributed by atoms with Crippen LogP contribution in [0.2, 0.25) is 0 Å². The van der Waals surface area contributed by atoms with Gasteiger partial charge in [0.1, 0.15) is 0 Å². The molecule has 0 aromatic heterocycles. The van der Waals surface area contributed by atoms with Gasteiger partial charge in [-0.05, 0) is 12.8 Å². The molecule has 0 aromatic rings. The summed E-state index contributed by atoms with van der Waals surface area (Å²) in [7, 11) is 0. The first-order valence-electron chi connectivity index (χ1n) is 11.4. The second-order valence-electron chi connectivity index (χ2n) is 8.02. The van der Waals surface area contributed by atoms with Crippen LogP contribution in [0, 0.1) is 0 Å². The number of aliphatic hydroxyl groups is 2. The lowest BCUT2D eigenvalue weighted by atomic mass is 10.0. The van der Waals surface area contributed by atoms with Gasteiger partial charge in [0.05, 0.1) is 6.61 Å². The molecule has 0 saturated carbocycles. The van der Waals surface area contributed by atoms with Crippen molar-refractivity contribution in [3.8, 4) is 0 Å². The average molecular weight is 373 g/mol. The van der Waals surface area contributed by atoms with Crippen LogP contribution in [0.1, 0.15) is 123 Å². The Balaban J connectivity index is 1.92. The first-order valence-corrected chi connectivity index (χ1v) is 11.4. The Morgan fingerprint density at radius 3 is 1.54 bits per heavy atom. The molecule has 1 rings (SSSR count). The van der Waals surface area contributed by atoms with Crippen molar-refractivity contribution in [3.63, 3.8) is 0 Å². The molecule has 2 unspecified atom stereocenters. The maximum absolute atomic E-state index is 10.2. The van der Waals surface area contributed by atoms with E-state index in [-0.39, 0.29) is 0 Å². The molecule has 4 heteroatoms. The molecule has 0 bridgehead atoms. The number of ether oxygens (including phenoxy) is 2. The van der Waals surface area contributed by atoms with E-state index in [2.05, 4.69) is 13.8 Å². The van der Waals surface area contributed by atoms with Gasteiger partial charge in [-0.3, -0.25) is 4.74 Å². The van der Waals surface area contributed by atoms with Gasteiger partial charge in [-0.15, -0.1) is 0 Å². The van der Waals surface area contributed by atoms with Crippen molar-refractivity contribution in [3.05, 3.63) is 0 Å². The summed E-state index contributed by atoms with van der Waals surface area (Å²) < 4.78 is 10.5. The van der Waals surface area contributed by atoms with E-state index >= 15 is 0 Å². The predicted molar refractivity (Wildman–Crippen MR) is 107 cm³/mol. The molecule has 0 aromatic carbocycles. The Hall–Kier alpha value is -0.160. The molecule has 0 aliphatic carbocycles. The van der Waals surface area contributed by atoms with Crippen LogP contribution in [0.25, 0.3) is 0 Å². The van der Waals surface area contributed by atoms with Gasteiger partial charge < -0.3 is 14.9 Å². The quantitative estimate of drug-likeness (QED) is 0.165. The molecule has 0 amide bonds. The van der Waals surface area contributed by atoms with Crippen molar-refractivity contribution in [1.82, 2.24) is 0 Å². The fourth-order valence-electron chi connectivity index (χ4n) is 3.50. The highest BCUT2D eigenvalue weighted by Crippen LogP contribution is 2.48. The zero-order valence-electron chi connectivity index (χ0n) is 17.4. The minimum absolute atomic E-state index is 0.447. The number of epoxide rings is 1. The van der Waals surface area contributed by atoms with E-state index in [0.717, 1.165) is 25.7 Å². The van der Waals surface area contributed by atoms with Gasteiger partial charge >= 0.3 is 5.97 Å². The van der Waals surface area contributed by atoms with Crippen molar-refractivity contribution < 1.29 is 19.7 Å². The number of unbranched alkanes of at least 4 members (excludes halogenated alkanes) is 14. The summed E-state index contributed by atoms with van der Waals surface area (Å²) in [5.41, 5.74) is 0. The summed E-state index contributed by atoms with van der Waals surface area (Å²) in [5.74, 6) is -3.23. The van der Waals surface area contributed by atoms with E-state index in [1.54, 1.807) is 0 Å². The van der Waals surface area contributed by atoms with Crippen LogP contribution in [0.15, 0.2) is 0 Å². The van der Waals surface area contributed by atoms with E-state index in [1.807, 2.05) is 0 Å². The second kappa shape index (κ2) is 13.9. The van der Waals surface area contributed by atoms with Crippen LogP contribution < -0.4 is 0 Å². The van der Waals surface area contributed by atoms with E-state index < -0.39 is 11.8 Å². The highest BCUT2D eigenvalue weighted by molar-refractivity contribution is 4.93. The lowest BCUT2D eigenvalue weighted by Crippen LogP contribution is -2.29. The van der Waals surface area contributed by atoms with Gasteiger partial charge in [0.25, 0.3) is 5.79 Å². The van der Waals surface area contributed by atoms with Crippen molar-refractivity contribution in [1.29, 1.82) is 0 Å². The Labute approximate surface area is 161 Å². The van der Waals surface area contributed by atoms with Gasteiger partial charge in [-0.2, -0.15) is 0 Å². The van der Waals surface area contributed by atoms with Crippen LogP contribution in [-0.4, -0.2) is 28.6 Å². The topological polar surface area (TPSA) is 62.2 Å². The van der Waals surface area contributed by atoms with Crippen LogP contribution in [0.5, 0.6) is 0 Å². The summed E-state index contributed by atoms with van der Waals surface area (Å²) in [6.45, 7) is 4.90. The molecule has 1 saturated heterocycles. The third kappa shape index (κ3) is 9.68. The Morgan fingerprint density at radius 2 is 1.04 bits per heavy atom. The van der Waals surface area contributed by atoms with Crippen molar-refractivity contribution in [2.24, 2.45) is 0 Å². The Kier molecular flexibility index (Phi) is 12.8. The first kappa shape index (κ1) is 23.9. The van der Waals surface area contributed by atoms with E-state index in [9.17, 15) is 10.2 Å². The summed E-state index contributed by atoms with van der Waals surface area (Å²) >= 11 is 0. The summed E-state index contributed by atoms with van der Waals surface area (Å²) in [6.07, 6.45) is 19.9. The Bertz CT molecular complexity index is 336. The normalized spacial score (nSPS) is 24.9. The molecule has 2 N–H and O–H groups in total. The predicted octanol–water partition coefficient (Wildman–Crippen LogP) is 6.04. The fraction of sp³-hybridized carbons (Fsp3) is 1.00. The van der Waals surface area contributed by atoms with Crippen LogP contribution in [0.3, 0.4) is 0 Å². The summed E-state index contributed by atoms with van der Waals surface area (Å²) in [6, 6.07) is 0. The molecule has 0 radical (unpaired) electrons. The zero-order valence-corrected chi connectivity index (χ0v) is 17.4. The zero-order chi connectivity index (χ0) is 19.1. The molecule has 26 heavy (non-hydrogen) atoms. The van der Waals surface area contributed by atoms with Crippen molar-refractivity contribution >= 4 is 0 Å². The van der Waals surface area contributed by atoms with E-state index in [0.29, 0.717) is 13.0 Å². The van der Waals surface area contributed by atoms with Gasteiger partial charge in [-0.1, -0.05) is 104 Å². The Morgan fingerprint density at radius 1 is 0.615 bits per heavy atom. The van der Waals surface area contributed by atoms with E-state index in [1.165, 1.54) is 77.0 Å². The van der Waals surface area contributed by atoms with Gasteiger partial charge in [-0.25, -0.2) is 0 Å². The molecule has 1 aliphatic heterocycles. The molecule has 1 heterocycles. The molecule has 2 atom stereocenters. The molecule has 1 aliphatic rings. The first-order chi connectivity index (χ1) is 12.6.